The minimum absolute atomic E-state index is 0.103. The van der Waals surface area contributed by atoms with Crippen molar-refractivity contribution in [2.45, 2.75) is 43.9 Å². The number of phosphoric ester groups is 1. The van der Waals surface area contributed by atoms with Gasteiger partial charge >= 0.3 is 0 Å². The number of nitrogens with two attached hydrogens (primary N) is 1. The fourth-order valence-electron chi connectivity index (χ4n) is 3.94. The number of carbonyl (C=O) groups excluding carboxylic acids is 1. The van der Waals surface area contributed by atoms with Crippen molar-refractivity contribution in [2.24, 2.45) is 10.8 Å². The maximum atomic E-state index is 11.8. The average molecular weight is 645 g/mol. The predicted octanol–water partition coefficient (Wildman–Crippen LogP) is 2.17. The van der Waals surface area contributed by atoms with Crippen molar-refractivity contribution in [1.29, 1.82) is 0 Å². The second-order valence-corrected chi connectivity index (χ2v) is 10.5. The Morgan fingerprint density at radius 3 is 2.80 bits per heavy atom. The van der Waals surface area contributed by atoms with Crippen LogP contribution in [0.25, 0.3) is 10.4 Å². The second kappa shape index (κ2) is 14.5. The number of phosphoric acid groups is 1. The Bertz CT molecular complexity index is 1310. The molecule has 0 radical (unpaired) electrons. The Labute approximate surface area is 236 Å². The summed E-state index contributed by atoms with van der Waals surface area (Å²) in [7, 11) is -5.16. The van der Waals surface area contributed by atoms with E-state index in [2.05, 4.69) is 30.5 Å². The number of nitrogens with zero attached hydrogens (tertiary/aromatic N) is 5. The molecule has 1 aliphatic heterocycles. The van der Waals surface area contributed by atoms with Crippen molar-refractivity contribution in [1.82, 2.24) is 0 Å². The number of azide groups is 1. The zero-order valence-electron chi connectivity index (χ0n) is 20.9. The molecule has 2 heterocycles. The first-order valence-corrected chi connectivity index (χ1v) is 14.4. The van der Waals surface area contributed by atoms with Gasteiger partial charge in [0.1, 0.15) is 17.4 Å². The number of amides is 1. The zero-order chi connectivity index (χ0) is 29.3. The molecule has 1 aliphatic rings. The van der Waals surface area contributed by atoms with Crippen molar-refractivity contribution < 1.29 is 47.4 Å². The number of alkyl halides is 1. The molecule has 1 amide bonds. The summed E-state index contributed by atoms with van der Waals surface area (Å²) in [5.41, 5.74) is 14.5. The van der Waals surface area contributed by atoms with E-state index in [4.69, 9.17) is 30.4 Å². The molecule has 2 aromatic rings. The Kier molecular flexibility index (Phi) is 11.4. The highest BCUT2D eigenvalue weighted by molar-refractivity contribution is 9.09. The SMILES string of the molecule is [N-]=[N+]=N[C@H]1[C@@H](OCc2ccc(OCCCCBr)cc2[N+](=O)[O-])[C@H]([n+]2cccc(C(N)=O)c2)O[C@@H]1COP(=O)([O-])O. The summed E-state index contributed by atoms with van der Waals surface area (Å²) < 4.78 is 34.5. The molecule has 216 valence electrons. The molecule has 3 rings (SSSR count). The minimum atomic E-state index is -5.16. The van der Waals surface area contributed by atoms with Gasteiger partial charge in [0.25, 0.3) is 25.6 Å². The van der Waals surface area contributed by atoms with Crippen molar-refractivity contribution >= 4 is 35.3 Å². The third-order valence-corrected chi connectivity index (χ3v) is 6.82. The van der Waals surface area contributed by atoms with E-state index in [1.54, 1.807) is 6.07 Å². The first-order chi connectivity index (χ1) is 19.0. The maximum absolute atomic E-state index is 11.8. The van der Waals surface area contributed by atoms with Crippen LogP contribution in [-0.4, -0.2) is 52.5 Å². The summed E-state index contributed by atoms with van der Waals surface area (Å²) >= 11 is 3.32. The minimum Gasteiger partial charge on any atom is -0.756 e. The molecule has 0 spiro atoms. The summed E-state index contributed by atoms with van der Waals surface area (Å²) in [6.07, 6.45) is 0.974. The third kappa shape index (κ3) is 8.68. The second-order valence-electron chi connectivity index (χ2n) is 8.50. The van der Waals surface area contributed by atoms with Crippen LogP contribution < -0.4 is 19.9 Å². The standard InChI is InChI=1S/C22H26BrN6O10P/c23-7-1-2-9-36-16-6-5-15(17(10-16)29(31)32)12-37-20-19(26-27-25)18(13-38-40(33,34)35)39-22(20)28-8-3-4-14(11-28)21(24)30/h3-6,8,10-11,18-20,22H,1-2,7,9,12-13H2,(H3-,24,30,33,34,35)/t18-,19-,20-,22-/m1/s1. The van der Waals surface area contributed by atoms with Crippen LogP contribution in [0.1, 0.15) is 35.0 Å². The fraction of sp³-hybridized carbons (Fsp3) is 0.455. The van der Waals surface area contributed by atoms with E-state index < -0.39 is 49.7 Å². The van der Waals surface area contributed by atoms with Gasteiger partial charge < -0.3 is 34.3 Å². The average Bonchev–Trinajstić information content (AvgIpc) is 3.26. The van der Waals surface area contributed by atoms with Gasteiger partial charge in [-0.2, -0.15) is 4.57 Å². The summed E-state index contributed by atoms with van der Waals surface area (Å²) in [6.45, 7) is -0.691. The quantitative estimate of drug-likeness (QED) is 0.0329. The van der Waals surface area contributed by atoms with E-state index in [1.807, 2.05) is 0 Å². The lowest BCUT2D eigenvalue weighted by atomic mass is 10.1. The van der Waals surface area contributed by atoms with Gasteiger partial charge in [-0.1, -0.05) is 21.0 Å². The zero-order valence-corrected chi connectivity index (χ0v) is 23.3. The summed E-state index contributed by atoms with van der Waals surface area (Å²) in [4.78, 5) is 45.9. The molecular weight excluding hydrogens is 619 g/mol. The predicted molar refractivity (Wildman–Crippen MR) is 138 cm³/mol. The maximum Gasteiger partial charge on any atom is 0.290 e. The lowest BCUT2D eigenvalue weighted by molar-refractivity contribution is -0.766. The number of nitro groups is 1. The van der Waals surface area contributed by atoms with Crippen molar-refractivity contribution in [3.05, 3.63) is 74.4 Å². The van der Waals surface area contributed by atoms with Crippen LogP contribution >= 0.6 is 23.8 Å². The first kappa shape index (κ1) is 31.4. The first-order valence-electron chi connectivity index (χ1n) is 11.8. The van der Waals surface area contributed by atoms with Crippen LogP contribution in [-0.2, 0) is 25.2 Å². The molecule has 1 aromatic heterocycles. The van der Waals surface area contributed by atoms with Crippen molar-refractivity contribution in [3.8, 4) is 5.75 Å². The van der Waals surface area contributed by atoms with Crippen LogP contribution in [0.2, 0.25) is 0 Å². The van der Waals surface area contributed by atoms with Crippen LogP contribution in [0.4, 0.5) is 5.69 Å². The summed E-state index contributed by atoms with van der Waals surface area (Å²) in [6, 6.07) is 6.03. The van der Waals surface area contributed by atoms with Gasteiger partial charge in [0.15, 0.2) is 18.5 Å². The molecule has 3 N–H and O–H groups in total. The van der Waals surface area contributed by atoms with Gasteiger partial charge in [0, 0.05) is 16.3 Å². The van der Waals surface area contributed by atoms with Gasteiger partial charge in [-0.05, 0) is 36.6 Å². The number of primary amides is 1. The number of hydrogen-bond acceptors (Lipinski definition) is 10. The molecule has 1 fully saturated rings. The molecule has 1 aromatic carbocycles. The number of halogens is 1. The normalized spacial score (nSPS) is 21.8. The van der Waals surface area contributed by atoms with Crippen LogP contribution in [0.5, 0.6) is 5.75 Å². The van der Waals surface area contributed by atoms with E-state index in [0.29, 0.717) is 12.4 Å². The third-order valence-electron chi connectivity index (χ3n) is 5.78. The molecular formula is C22H26BrN6O10P. The van der Waals surface area contributed by atoms with Crippen LogP contribution in [0.3, 0.4) is 0 Å². The molecule has 5 atom stereocenters. The number of unbranched alkanes of at least 4 members (excludes halogenated alkanes) is 1. The smallest absolute Gasteiger partial charge is 0.290 e. The number of hydrogen-bond donors (Lipinski definition) is 2. The molecule has 1 saturated heterocycles. The monoisotopic (exact) mass is 644 g/mol. The van der Waals surface area contributed by atoms with Gasteiger partial charge in [-0.15, -0.1) is 0 Å². The highest BCUT2D eigenvalue weighted by Gasteiger charge is 2.51. The number of nitro benzene ring substituents is 1. The van der Waals surface area contributed by atoms with Crippen LogP contribution in [0.15, 0.2) is 47.8 Å². The van der Waals surface area contributed by atoms with Gasteiger partial charge in [0.05, 0.1) is 42.5 Å². The topological polar surface area (TPSA) is 236 Å². The number of carbonyl (C=O) groups is 1. The molecule has 0 bridgehead atoms. The molecule has 16 nitrogen and oxygen atoms in total. The summed E-state index contributed by atoms with van der Waals surface area (Å²) in [5, 5.41) is 16.3. The van der Waals surface area contributed by atoms with Crippen molar-refractivity contribution in [2.75, 3.05) is 18.5 Å². The van der Waals surface area contributed by atoms with E-state index in [0.717, 1.165) is 18.2 Å². The number of ether oxygens (including phenoxy) is 3. The number of rotatable bonds is 15. The van der Waals surface area contributed by atoms with Gasteiger partial charge in [-0.3, -0.25) is 19.5 Å². The summed E-state index contributed by atoms with van der Waals surface area (Å²) in [5.74, 6) is -0.435. The molecule has 18 heteroatoms. The Morgan fingerprint density at radius 2 is 2.15 bits per heavy atom. The fourth-order valence-corrected chi connectivity index (χ4v) is 4.67. The molecule has 1 unspecified atom stereocenters. The van der Waals surface area contributed by atoms with Crippen molar-refractivity contribution in [3.63, 3.8) is 0 Å². The van der Waals surface area contributed by atoms with E-state index in [-0.39, 0.29) is 23.4 Å². The molecule has 0 aliphatic carbocycles. The van der Waals surface area contributed by atoms with E-state index in [1.165, 1.54) is 41.2 Å². The highest BCUT2D eigenvalue weighted by atomic mass is 79.9. The van der Waals surface area contributed by atoms with E-state index >= 15 is 0 Å². The molecule has 40 heavy (non-hydrogen) atoms. The lowest BCUT2D eigenvalue weighted by Gasteiger charge is -2.21. The largest absolute Gasteiger partial charge is 0.756 e. The Morgan fingerprint density at radius 1 is 1.38 bits per heavy atom. The highest BCUT2D eigenvalue weighted by Crippen LogP contribution is 2.37. The lowest BCUT2D eigenvalue weighted by Crippen LogP contribution is -2.47. The van der Waals surface area contributed by atoms with Gasteiger partial charge in [-0.25, -0.2) is 0 Å². The Hall–Kier alpha value is -3.14. The molecule has 0 saturated carbocycles. The van der Waals surface area contributed by atoms with E-state index in [9.17, 15) is 24.4 Å². The number of benzene rings is 1. The Balaban J connectivity index is 1.90. The van der Waals surface area contributed by atoms with Crippen LogP contribution in [0, 0.1) is 10.1 Å². The van der Waals surface area contributed by atoms with Gasteiger partial charge in [0.2, 0.25) is 0 Å². The number of aromatic nitrogens is 1. The number of pyridine rings is 1.